The van der Waals surface area contributed by atoms with Crippen molar-refractivity contribution in [1.29, 1.82) is 0 Å². The Morgan fingerprint density at radius 2 is 2.08 bits per heavy atom. The van der Waals surface area contributed by atoms with Crippen LogP contribution in [0, 0.1) is 11.8 Å². The average Bonchev–Trinajstić information content (AvgIpc) is 2.99. The van der Waals surface area contributed by atoms with Gasteiger partial charge in [0.05, 0.1) is 7.11 Å². The maximum atomic E-state index is 11.9. The zero-order chi connectivity index (χ0) is 18.5. The molecule has 3 aliphatic rings. The van der Waals surface area contributed by atoms with Gasteiger partial charge in [-0.15, -0.1) is 0 Å². The predicted molar refractivity (Wildman–Crippen MR) is 106 cm³/mol. The lowest BCUT2D eigenvalue weighted by molar-refractivity contribution is -0.138. The molecule has 0 aromatic heterocycles. The van der Waals surface area contributed by atoms with Crippen LogP contribution in [-0.4, -0.2) is 60.4 Å². The first-order valence-corrected chi connectivity index (χ1v) is 10.5. The second-order valence-electron chi connectivity index (χ2n) is 7.12. The number of methoxy groups -OCH3 is 1. The van der Waals surface area contributed by atoms with E-state index in [-0.39, 0.29) is 0 Å². The predicted octanol–water partition coefficient (Wildman–Crippen LogP) is 2.53. The van der Waals surface area contributed by atoms with E-state index < -0.39 is 12.0 Å². The van der Waals surface area contributed by atoms with Gasteiger partial charge in [0.1, 0.15) is 11.8 Å². The minimum atomic E-state index is -0.797. The van der Waals surface area contributed by atoms with Gasteiger partial charge in [0, 0.05) is 30.6 Å². The van der Waals surface area contributed by atoms with E-state index in [1.165, 1.54) is 12.8 Å². The van der Waals surface area contributed by atoms with E-state index in [1.54, 1.807) is 18.9 Å². The molecule has 0 aliphatic carbocycles. The lowest BCUT2D eigenvalue weighted by Gasteiger charge is -2.33. The van der Waals surface area contributed by atoms with Crippen molar-refractivity contribution in [3.8, 4) is 5.75 Å². The topological polar surface area (TPSA) is 73.8 Å². The van der Waals surface area contributed by atoms with Crippen molar-refractivity contribution in [3.05, 3.63) is 24.3 Å². The zero-order valence-corrected chi connectivity index (χ0v) is 16.3. The van der Waals surface area contributed by atoms with E-state index in [0.29, 0.717) is 23.5 Å². The van der Waals surface area contributed by atoms with Gasteiger partial charge in [-0.25, -0.2) is 9.80 Å². The van der Waals surface area contributed by atoms with E-state index in [9.17, 15) is 9.90 Å². The molecule has 3 fully saturated rings. The first kappa shape index (κ1) is 19.3. The summed E-state index contributed by atoms with van der Waals surface area (Å²) in [5.41, 5.74) is 4.35. The minimum Gasteiger partial charge on any atom is -0.497 e. The molecule has 0 amide bonds. The van der Waals surface area contributed by atoms with Gasteiger partial charge in [0.2, 0.25) is 0 Å². The molecule has 3 heterocycles. The second-order valence-corrected chi connectivity index (χ2v) is 8.20. The number of nitrogens with one attached hydrogen (secondary N) is 2. The summed E-state index contributed by atoms with van der Waals surface area (Å²) in [6.45, 7) is 3.16. The molecular weight excluding hydrogens is 350 g/mol. The Balaban J connectivity index is 1.67. The molecular formula is C19H29N3O3S. The lowest BCUT2D eigenvalue weighted by Crippen LogP contribution is -2.40. The molecule has 6 nitrogen and oxygen atoms in total. The number of hydrazine groups is 1. The second kappa shape index (κ2) is 8.97. The fourth-order valence-electron chi connectivity index (χ4n) is 4.11. The van der Waals surface area contributed by atoms with Crippen LogP contribution < -0.4 is 15.5 Å². The molecule has 1 aromatic rings. The van der Waals surface area contributed by atoms with Crippen LogP contribution in [0.5, 0.6) is 5.75 Å². The molecule has 0 saturated carbocycles. The van der Waals surface area contributed by atoms with Gasteiger partial charge in [0.15, 0.2) is 0 Å². The number of ether oxygens (including phenoxy) is 1. The molecule has 0 spiro atoms. The van der Waals surface area contributed by atoms with Crippen LogP contribution in [0.15, 0.2) is 24.3 Å². The van der Waals surface area contributed by atoms with E-state index in [0.717, 1.165) is 31.1 Å². The van der Waals surface area contributed by atoms with E-state index >= 15 is 0 Å². The first-order valence-electron chi connectivity index (χ1n) is 9.25. The van der Waals surface area contributed by atoms with Gasteiger partial charge in [-0.1, -0.05) is 0 Å². The Bertz CT molecular complexity index is 590. The highest BCUT2D eigenvalue weighted by atomic mass is 32.2. The van der Waals surface area contributed by atoms with Crippen molar-refractivity contribution in [1.82, 2.24) is 10.4 Å². The number of hydrogen-bond acceptors (Lipinski definition) is 6. The molecule has 3 saturated heterocycles. The number of carboxylic acids is 1. The number of anilines is 1. The standard InChI is InChI=1S/C19H29N3O3S/c1-25-15-5-3-14(4-6-15)21-17(19(23)24)11-18(26-2)16-12-20-22-9-7-13(16)8-10-22/h3-6,13,16-18,20-21H,7-12H2,1-2H3,(H,23,24)/t16?,17-,18?/m0/s1. The largest absolute Gasteiger partial charge is 0.497 e. The van der Waals surface area contributed by atoms with Crippen LogP contribution >= 0.6 is 11.8 Å². The fourth-order valence-corrected chi connectivity index (χ4v) is 5.16. The molecule has 26 heavy (non-hydrogen) atoms. The van der Waals surface area contributed by atoms with Gasteiger partial charge < -0.3 is 15.2 Å². The number of fused-ring (bicyclic) bond motifs is 4. The smallest absolute Gasteiger partial charge is 0.326 e. The van der Waals surface area contributed by atoms with Crippen molar-refractivity contribution in [2.75, 3.05) is 38.3 Å². The van der Waals surface area contributed by atoms with E-state index in [4.69, 9.17) is 4.74 Å². The van der Waals surface area contributed by atoms with Crippen molar-refractivity contribution in [2.45, 2.75) is 30.6 Å². The third-order valence-corrected chi connectivity index (χ3v) is 6.82. The summed E-state index contributed by atoms with van der Waals surface area (Å²) in [5.74, 6) is 1.17. The molecule has 3 aliphatic heterocycles. The number of thioether (sulfide) groups is 1. The number of benzene rings is 1. The Morgan fingerprint density at radius 3 is 2.65 bits per heavy atom. The Hall–Kier alpha value is -1.44. The molecule has 2 unspecified atom stereocenters. The molecule has 0 radical (unpaired) electrons. The van der Waals surface area contributed by atoms with Gasteiger partial charge >= 0.3 is 5.97 Å². The average molecular weight is 380 g/mol. The maximum absolute atomic E-state index is 11.9. The molecule has 4 rings (SSSR count). The van der Waals surface area contributed by atoms with E-state index in [1.807, 2.05) is 24.3 Å². The van der Waals surface area contributed by atoms with Crippen LogP contribution in [0.25, 0.3) is 0 Å². The van der Waals surface area contributed by atoms with Crippen molar-refractivity contribution in [3.63, 3.8) is 0 Å². The molecule has 2 bridgehead atoms. The van der Waals surface area contributed by atoms with Gasteiger partial charge in [-0.3, -0.25) is 5.43 Å². The summed E-state index contributed by atoms with van der Waals surface area (Å²) in [6.07, 6.45) is 5.14. The normalized spacial score (nSPS) is 27.4. The number of aliphatic carboxylic acids is 1. The van der Waals surface area contributed by atoms with Gasteiger partial charge in [-0.05, 0) is 61.6 Å². The Morgan fingerprint density at radius 1 is 1.38 bits per heavy atom. The molecule has 144 valence electrons. The quantitative estimate of drug-likeness (QED) is 0.641. The number of piperidine rings is 1. The summed E-state index contributed by atoms with van der Waals surface area (Å²) < 4.78 is 5.16. The summed E-state index contributed by atoms with van der Waals surface area (Å²) in [4.78, 5) is 11.9. The third kappa shape index (κ3) is 4.64. The van der Waals surface area contributed by atoms with Crippen LogP contribution in [0.1, 0.15) is 19.3 Å². The fraction of sp³-hybridized carbons (Fsp3) is 0.632. The first-order chi connectivity index (χ1) is 12.6. The molecule has 3 N–H and O–H groups in total. The summed E-state index contributed by atoms with van der Waals surface area (Å²) in [6, 6.07) is 6.82. The molecule has 1 aromatic carbocycles. The monoisotopic (exact) mass is 379 g/mol. The number of hydrogen-bond donors (Lipinski definition) is 3. The number of nitrogens with zero attached hydrogens (tertiary/aromatic N) is 1. The highest BCUT2D eigenvalue weighted by molar-refractivity contribution is 7.99. The Kier molecular flexibility index (Phi) is 6.67. The Labute approximate surface area is 159 Å². The summed E-state index contributed by atoms with van der Waals surface area (Å²) >= 11 is 1.80. The number of carboxylic acid groups (broad SMARTS) is 1. The SMILES string of the molecule is COc1ccc(N[C@@H](CC(SC)C2CNN3CCC2CC3)C(=O)O)cc1. The molecule has 3 atom stereocenters. The zero-order valence-electron chi connectivity index (χ0n) is 15.5. The lowest BCUT2D eigenvalue weighted by atomic mass is 9.82. The number of rotatable bonds is 8. The van der Waals surface area contributed by atoms with Crippen molar-refractivity contribution < 1.29 is 14.6 Å². The van der Waals surface area contributed by atoms with Crippen molar-refractivity contribution in [2.24, 2.45) is 11.8 Å². The maximum Gasteiger partial charge on any atom is 0.326 e. The van der Waals surface area contributed by atoms with E-state index in [2.05, 4.69) is 22.0 Å². The summed E-state index contributed by atoms with van der Waals surface area (Å²) in [5, 5.41) is 15.6. The number of carbonyl (C=O) groups is 1. The van der Waals surface area contributed by atoms with Gasteiger partial charge in [-0.2, -0.15) is 11.8 Å². The third-order valence-electron chi connectivity index (χ3n) is 5.67. The van der Waals surface area contributed by atoms with Crippen LogP contribution in [0.2, 0.25) is 0 Å². The highest BCUT2D eigenvalue weighted by Crippen LogP contribution is 2.36. The minimum absolute atomic E-state index is 0.317. The van der Waals surface area contributed by atoms with Crippen LogP contribution in [-0.2, 0) is 4.79 Å². The molecule has 7 heteroatoms. The van der Waals surface area contributed by atoms with Gasteiger partial charge in [0.25, 0.3) is 0 Å². The van der Waals surface area contributed by atoms with Crippen LogP contribution in [0.4, 0.5) is 5.69 Å². The summed E-state index contributed by atoms with van der Waals surface area (Å²) in [7, 11) is 1.62. The highest BCUT2D eigenvalue weighted by Gasteiger charge is 2.37. The van der Waals surface area contributed by atoms with Crippen LogP contribution in [0.3, 0.4) is 0 Å². The van der Waals surface area contributed by atoms with Crippen molar-refractivity contribution >= 4 is 23.4 Å².